The molecule has 7 nitrogen and oxygen atoms in total. The van der Waals surface area contributed by atoms with Gasteiger partial charge in [0.2, 0.25) is 0 Å². The van der Waals surface area contributed by atoms with Crippen LogP contribution in [0.5, 0.6) is 11.5 Å². The molecule has 0 unspecified atom stereocenters. The molecule has 3 rings (SSSR count). The van der Waals surface area contributed by atoms with E-state index in [1.54, 1.807) is 11.8 Å². The Bertz CT molecular complexity index is 1030. The maximum absolute atomic E-state index is 6.02. The summed E-state index contributed by atoms with van der Waals surface area (Å²) < 4.78 is 13.3. The molecule has 0 bridgehead atoms. The van der Waals surface area contributed by atoms with Crippen molar-refractivity contribution in [1.82, 2.24) is 25.5 Å². The summed E-state index contributed by atoms with van der Waals surface area (Å²) >= 11 is 0. The number of ether oxygens (including phenoxy) is 2. The summed E-state index contributed by atoms with van der Waals surface area (Å²) in [7, 11) is 1.65. The van der Waals surface area contributed by atoms with E-state index in [1.807, 2.05) is 43.3 Å². The van der Waals surface area contributed by atoms with Crippen molar-refractivity contribution in [2.45, 2.75) is 66.7 Å². The van der Waals surface area contributed by atoms with Crippen LogP contribution >= 0.6 is 12.4 Å². The normalized spacial score (nSPS) is 11.7. The van der Waals surface area contributed by atoms with E-state index in [0.29, 0.717) is 17.3 Å². The first kappa shape index (κ1) is 26.6. The zero-order valence-corrected chi connectivity index (χ0v) is 21.5. The minimum Gasteiger partial charge on any atom is -0.493 e. The Morgan fingerprint density at radius 3 is 2.30 bits per heavy atom. The Hall–Kier alpha value is -2.64. The van der Waals surface area contributed by atoms with Crippen LogP contribution in [0.4, 0.5) is 0 Å². The summed E-state index contributed by atoms with van der Waals surface area (Å²) in [5.74, 6) is 1.96. The van der Waals surface area contributed by atoms with Crippen LogP contribution in [0.25, 0.3) is 5.69 Å². The van der Waals surface area contributed by atoms with E-state index >= 15 is 0 Å². The average molecular weight is 474 g/mol. The molecule has 2 aromatic carbocycles. The fourth-order valence-electron chi connectivity index (χ4n) is 4.00. The Morgan fingerprint density at radius 1 is 0.970 bits per heavy atom. The van der Waals surface area contributed by atoms with Crippen molar-refractivity contribution in [3.63, 3.8) is 0 Å². The molecule has 0 aliphatic carbocycles. The van der Waals surface area contributed by atoms with Gasteiger partial charge in [-0.15, -0.1) is 17.5 Å². The molecule has 0 amide bonds. The Morgan fingerprint density at radius 2 is 1.67 bits per heavy atom. The van der Waals surface area contributed by atoms with Crippen LogP contribution in [0.15, 0.2) is 42.5 Å². The third kappa shape index (κ3) is 7.72. The molecule has 33 heavy (non-hydrogen) atoms. The number of nitrogens with zero attached hydrogens (tertiary/aromatic N) is 4. The number of nitrogens with one attached hydrogen (secondary N) is 1. The highest BCUT2D eigenvalue weighted by atomic mass is 35.5. The van der Waals surface area contributed by atoms with Gasteiger partial charge in [-0.25, -0.2) is 0 Å². The van der Waals surface area contributed by atoms with E-state index in [0.717, 1.165) is 24.2 Å². The fourth-order valence-corrected chi connectivity index (χ4v) is 4.00. The van der Waals surface area contributed by atoms with E-state index in [-0.39, 0.29) is 30.0 Å². The molecule has 0 saturated heterocycles. The number of aromatic nitrogens is 4. The van der Waals surface area contributed by atoms with Crippen LogP contribution in [0.2, 0.25) is 0 Å². The number of tetrazole rings is 1. The lowest BCUT2D eigenvalue weighted by molar-refractivity contribution is 0.240. The van der Waals surface area contributed by atoms with E-state index in [9.17, 15) is 0 Å². The minimum absolute atomic E-state index is 0. The first-order chi connectivity index (χ1) is 15.1. The molecule has 0 saturated carbocycles. The van der Waals surface area contributed by atoms with Gasteiger partial charge in [-0.05, 0) is 72.9 Å². The third-order valence-corrected chi connectivity index (χ3v) is 5.14. The predicted molar refractivity (Wildman–Crippen MR) is 133 cm³/mol. The molecular weight excluding hydrogens is 438 g/mol. The molecule has 0 radical (unpaired) electrons. The lowest BCUT2D eigenvalue weighted by Crippen LogP contribution is -2.41. The first-order valence-corrected chi connectivity index (χ1v) is 11.0. The Kier molecular flexibility index (Phi) is 8.86. The maximum Gasteiger partial charge on any atom is 0.194 e. The highest BCUT2D eigenvalue weighted by Gasteiger charge is 2.24. The summed E-state index contributed by atoms with van der Waals surface area (Å²) in [4.78, 5) is 0. The van der Waals surface area contributed by atoms with Gasteiger partial charge in [-0.3, -0.25) is 0 Å². The third-order valence-electron chi connectivity index (χ3n) is 5.14. The molecule has 0 aliphatic rings. The fraction of sp³-hybridized carbons (Fsp3) is 0.480. The molecule has 8 heteroatoms. The zero-order chi connectivity index (χ0) is 23.4. The van der Waals surface area contributed by atoms with Crippen molar-refractivity contribution in [2.75, 3.05) is 7.11 Å². The molecule has 0 aliphatic heterocycles. The smallest absolute Gasteiger partial charge is 0.194 e. The van der Waals surface area contributed by atoms with Crippen molar-refractivity contribution in [3.8, 4) is 17.2 Å². The minimum atomic E-state index is 0. The number of halogens is 1. The second kappa shape index (κ2) is 11.0. The van der Waals surface area contributed by atoms with Crippen LogP contribution in [0, 0.1) is 12.3 Å². The summed E-state index contributed by atoms with van der Waals surface area (Å²) in [5.41, 5.74) is 3.51. The van der Waals surface area contributed by atoms with Crippen molar-refractivity contribution < 1.29 is 9.47 Å². The largest absolute Gasteiger partial charge is 0.493 e. The number of hydrogen-bond acceptors (Lipinski definition) is 6. The van der Waals surface area contributed by atoms with Crippen LogP contribution in [-0.2, 0) is 13.2 Å². The van der Waals surface area contributed by atoms with Crippen LogP contribution in [-0.4, -0.2) is 32.9 Å². The number of benzene rings is 2. The first-order valence-electron chi connectivity index (χ1n) is 11.0. The van der Waals surface area contributed by atoms with E-state index < -0.39 is 0 Å². The van der Waals surface area contributed by atoms with Gasteiger partial charge in [0.1, 0.15) is 0 Å². The quantitative estimate of drug-likeness (QED) is 0.455. The van der Waals surface area contributed by atoms with Gasteiger partial charge in [0.25, 0.3) is 0 Å². The molecule has 0 fully saturated rings. The number of methoxy groups -OCH3 is 1. The van der Waals surface area contributed by atoms with Gasteiger partial charge >= 0.3 is 0 Å². The van der Waals surface area contributed by atoms with Gasteiger partial charge in [0.15, 0.2) is 23.9 Å². The standard InChI is InChI=1S/C25H35N5O2.ClH/c1-18-8-11-20(12-9-18)30-23(27-28-29-30)16-32-21-13-10-19(14-22(21)31-7)15-26-25(5,6)17-24(2,3)4;/h8-14,26H,15-17H2,1-7H3;1H. The van der Waals surface area contributed by atoms with Crippen molar-refractivity contribution in [2.24, 2.45) is 5.41 Å². The number of rotatable bonds is 9. The van der Waals surface area contributed by atoms with Crippen molar-refractivity contribution >= 4 is 12.4 Å². The summed E-state index contributed by atoms with van der Waals surface area (Å²) in [6.45, 7) is 14.3. The Balaban J connectivity index is 0.00000385. The lowest BCUT2D eigenvalue weighted by Gasteiger charge is -2.33. The molecule has 1 N–H and O–H groups in total. The molecule has 3 aromatic rings. The van der Waals surface area contributed by atoms with Gasteiger partial charge in [-0.1, -0.05) is 44.5 Å². The lowest BCUT2D eigenvalue weighted by atomic mass is 9.82. The second-order valence-corrected chi connectivity index (χ2v) is 10.1. The highest BCUT2D eigenvalue weighted by molar-refractivity contribution is 5.85. The Labute approximate surface area is 203 Å². The average Bonchev–Trinajstić information content (AvgIpc) is 3.18. The van der Waals surface area contributed by atoms with Crippen LogP contribution < -0.4 is 14.8 Å². The SMILES string of the molecule is COc1cc(CNC(C)(C)CC(C)(C)C)ccc1OCc1nnnn1-c1ccc(C)cc1.Cl. The summed E-state index contributed by atoms with van der Waals surface area (Å²) in [6.07, 6.45) is 1.08. The number of hydrogen-bond donors (Lipinski definition) is 1. The second-order valence-electron chi connectivity index (χ2n) is 10.1. The molecule has 1 heterocycles. The molecule has 180 valence electrons. The van der Waals surface area contributed by atoms with E-state index in [4.69, 9.17) is 9.47 Å². The molecule has 1 aromatic heterocycles. The van der Waals surface area contributed by atoms with E-state index in [2.05, 4.69) is 61.5 Å². The topological polar surface area (TPSA) is 74.1 Å². The predicted octanol–water partition coefficient (Wildman–Crippen LogP) is 5.28. The van der Waals surface area contributed by atoms with Gasteiger partial charge < -0.3 is 14.8 Å². The van der Waals surface area contributed by atoms with Gasteiger partial charge in [0.05, 0.1) is 12.8 Å². The zero-order valence-electron chi connectivity index (χ0n) is 20.7. The summed E-state index contributed by atoms with van der Waals surface area (Å²) in [5, 5.41) is 15.7. The molecular formula is C25H36ClN5O2. The van der Waals surface area contributed by atoms with E-state index in [1.165, 1.54) is 5.56 Å². The van der Waals surface area contributed by atoms with Crippen LogP contribution in [0.1, 0.15) is 58.0 Å². The highest BCUT2D eigenvalue weighted by Crippen LogP contribution is 2.30. The maximum atomic E-state index is 6.02. The van der Waals surface area contributed by atoms with Gasteiger partial charge in [-0.2, -0.15) is 4.68 Å². The molecule has 0 atom stereocenters. The van der Waals surface area contributed by atoms with Crippen molar-refractivity contribution in [3.05, 3.63) is 59.4 Å². The summed E-state index contributed by atoms with van der Waals surface area (Å²) in [6, 6.07) is 14.0. The monoisotopic (exact) mass is 473 g/mol. The van der Waals surface area contributed by atoms with Crippen LogP contribution in [0.3, 0.4) is 0 Å². The number of aryl methyl sites for hydroxylation is 1. The van der Waals surface area contributed by atoms with Crippen molar-refractivity contribution in [1.29, 1.82) is 0 Å². The van der Waals surface area contributed by atoms with Gasteiger partial charge in [0, 0.05) is 12.1 Å². The molecule has 0 spiro atoms.